The third-order valence-electron chi connectivity index (χ3n) is 3.92. The Balaban J connectivity index is 0.00000196. The number of halogens is 3. The van der Waals surface area contributed by atoms with E-state index in [2.05, 4.69) is 10.3 Å². The van der Waals surface area contributed by atoms with Gasteiger partial charge in [-0.15, -0.1) is 24.8 Å². The lowest BCUT2D eigenvalue weighted by Gasteiger charge is -2.13. The fraction of sp³-hybridized carbons (Fsp3) is 0.190. The topological polar surface area (TPSA) is 43.4 Å². The number of benzene rings is 2. The lowest BCUT2D eigenvalue weighted by molar-refractivity contribution is 0.284. The van der Waals surface area contributed by atoms with Gasteiger partial charge in [0.2, 0.25) is 0 Å². The lowest BCUT2D eigenvalue weighted by Crippen LogP contribution is -2.12. The second-order valence-corrected chi connectivity index (χ2v) is 5.87. The highest BCUT2D eigenvalue weighted by Crippen LogP contribution is 2.29. The van der Waals surface area contributed by atoms with Crippen LogP contribution in [-0.4, -0.2) is 12.1 Å². The first-order valence-electron chi connectivity index (χ1n) is 8.38. The highest BCUT2D eigenvalue weighted by atomic mass is 35.5. The molecule has 150 valence electrons. The predicted molar refractivity (Wildman–Crippen MR) is 113 cm³/mol. The van der Waals surface area contributed by atoms with Crippen molar-refractivity contribution >= 4 is 24.8 Å². The van der Waals surface area contributed by atoms with Gasteiger partial charge in [0, 0.05) is 25.5 Å². The number of pyridine rings is 1. The highest BCUT2D eigenvalue weighted by molar-refractivity contribution is 5.85. The van der Waals surface area contributed by atoms with Crippen LogP contribution in [0.5, 0.6) is 11.5 Å². The molecule has 0 amide bonds. The molecule has 3 aromatic rings. The maximum atomic E-state index is 13.0. The van der Waals surface area contributed by atoms with Gasteiger partial charge in [-0.2, -0.15) is 0 Å². The van der Waals surface area contributed by atoms with Crippen LogP contribution in [0.2, 0.25) is 0 Å². The molecule has 0 saturated carbocycles. The first-order valence-corrected chi connectivity index (χ1v) is 8.38. The molecule has 0 bridgehead atoms. The Bertz CT molecular complexity index is 834. The summed E-state index contributed by atoms with van der Waals surface area (Å²) in [4.78, 5) is 4.10. The van der Waals surface area contributed by atoms with Crippen LogP contribution in [0, 0.1) is 5.82 Å². The van der Waals surface area contributed by atoms with Crippen LogP contribution < -0.4 is 14.8 Å². The summed E-state index contributed by atoms with van der Waals surface area (Å²) < 4.78 is 24.2. The molecule has 28 heavy (non-hydrogen) atoms. The summed E-state index contributed by atoms with van der Waals surface area (Å²) >= 11 is 0. The zero-order valence-electron chi connectivity index (χ0n) is 15.4. The molecular formula is C21H23Cl2FN2O2. The van der Waals surface area contributed by atoms with E-state index in [4.69, 9.17) is 9.47 Å². The van der Waals surface area contributed by atoms with E-state index in [-0.39, 0.29) is 30.6 Å². The molecule has 2 aromatic carbocycles. The van der Waals surface area contributed by atoms with Crippen molar-refractivity contribution in [1.29, 1.82) is 0 Å². The van der Waals surface area contributed by atoms with E-state index in [0.29, 0.717) is 24.7 Å². The molecule has 0 aliphatic rings. The fourth-order valence-electron chi connectivity index (χ4n) is 2.54. The van der Waals surface area contributed by atoms with Crippen LogP contribution in [-0.2, 0) is 19.7 Å². The Morgan fingerprint density at radius 2 is 1.61 bits per heavy atom. The van der Waals surface area contributed by atoms with Crippen molar-refractivity contribution in [3.05, 3.63) is 89.5 Å². The van der Waals surface area contributed by atoms with Crippen LogP contribution in [0.4, 0.5) is 4.39 Å². The maximum Gasteiger partial charge on any atom is 0.161 e. The van der Waals surface area contributed by atoms with Crippen LogP contribution >= 0.6 is 24.8 Å². The Morgan fingerprint density at radius 3 is 2.29 bits per heavy atom. The number of rotatable bonds is 8. The van der Waals surface area contributed by atoms with E-state index >= 15 is 0 Å². The molecule has 0 aliphatic heterocycles. The van der Waals surface area contributed by atoms with Gasteiger partial charge in [0.25, 0.3) is 0 Å². The molecule has 0 atom stereocenters. The van der Waals surface area contributed by atoms with E-state index in [9.17, 15) is 4.39 Å². The van der Waals surface area contributed by atoms with Gasteiger partial charge in [-0.1, -0.05) is 24.3 Å². The molecule has 1 aromatic heterocycles. The number of nitrogens with zero attached hydrogens (tertiary/aromatic N) is 1. The van der Waals surface area contributed by atoms with Crippen molar-refractivity contribution in [2.24, 2.45) is 0 Å². The molecule has 1 N–H and O–H groups in total. The SMILES string of the molecule is COc1cc(CNCc2cccnc2)ccc1OCc1ccc(F)cc1.Cl.Cl. The fourth-order valence-corrected chi connectivity index (χ4v) is 2.54. The Labute approximate surface area is 176 Å². The molecule has 3 rings (SSSR count). The van der Waals surface area contributed by atoms with E-state index < -0.39 is 0 Å². The minimum absolute atomic E-state index is 0. The Kier molecular flexibility index (Phi) is 10.3. The van der Waals surface area contributed by atoms with Gasteiger partial charge in [0.05, 0.1) is 7.11 Å². The molecule has 7 heteroatoms. The third-order valence-corrected chi connectivity index (χ3v) is 3.92. The summed E-state index contributed by atoms with van der Waals surface area (Å²) in [6.45, 7) is 1.82. The number of methoxy groups -OCH3 is 1. The Morgan fingerprint density at radius 1 is 0.893 bits per heavy atom. The summed E-state index contributed by atoms with van der Waals surface area (Å²) in [6, 6.07) is 16.1. The summed E-state index contributed by atoms with van der Waals surface area (Å²) in [5.74, 6) is 1.08. The molecule has 0 radical (unpaired) electrons. The second-order valence-electron chi connectivity index (χ2n) is 5.87. The molecule has 1 heterocycles. The summed E-state index contributed by atoms with van der Waals surface area (Å²) in [5, 5.41) is 3.38. The van der Waals surface area contributed by atoms with E-state index in [0.717, 1.165) is 23.2 Å². The first kappa shape index (κ1) is 23.7. The monoisotopic (exact) mass is 424 g/mol. The smallest absolute Gasteiger partial charge is 0.161 e. The van der Waals surface area contributed by atoms with Crippen LogP contribution in [0.25, 0.3) is 0 Å². The molecule has 0 aliphatic carbocycles. The van der Waals surface area contributed by atoms with E-state index in [1.165, 1.54) is 12.1 Å². The number of ether oxygens (including phenoxy) is 2. The lowest BCUT2D eigenvalue weighted by atomic mass is 10.2. The molecule has 0 spiro atoms. The van der Waals surface area contributed by atoms with Crippen molar-refractivity contribution in [2.75, 3.05) is 7.11 Å². The zero-order chi connectivity index (χ0) is 18.2. The number of hydrogen-bond donors (Lipinski definition) is 1. The summed E-state index contributed by atoms with van der Waals surface area (Å²) in [6.07, 6.45) is 3.61. The number of hydrogen-bond acceptors (Lipinski definition) is 4. The van der Waals surface area contributed by atoms with Gasteiger partial charge in [0.1, 0.15) is 12.4 Å². The Hall–Kier alpha value is -2.34. The molecular weight excluding hydrogens is 402 g/mol. The van der Waals surface area contributed by atoms with Crippen molar-refractivity contribution in [1.82, 2.24) is 10.3 Å². The van der Waals surface area contributed by atoms with Crippen molar-refractivity contribution in [3.63, 3.8) is 0 Å². The van der Waals surface area contributed by atoms with Gasteiger partial charge < -0.3 is 14.8 Å². The minimum atomic E-state index is -0.255. The summed E-state index contributed by atoms with van der Waals surface area (Å²) in [5.41, 5.74) is 3.13. The van der Waals surface area contributed by atoms with E-state index in [1.807, 2.05) is 36.5 Å². The molecule has 4 nitrogen and oxygen atoms in total. The standard InChI is InChI=1S/C21H21FN2O2.2ClH/c1-25-21-11-17(12-24-14-18-3-2-10-23-13-18)6-9-20(21)26-15-16-4-7-19(22)8-5-16;;/h2-11,13,24H,12,14-15H2,1H3;2*1H. The van der Waals surface area contributed by atoms with Gasteiger partial charge in [-0.25, -0.2) is 4.39 Å². The zero-order valence-corrected chi connectivity index (χ0v) is 17.1. The average molecular weight is 425 g/mol. The maximum absolute atomic E-state index is 13.0. The normalized spacial score (nSPS) is 9.79. The van der Waals surface area contributed by atoms with Gasteiger partial charge in [0.15, 0.2) is 11.5 Å². The van der Waals surface area contributed by atoms with Crippen molar-refractivity contribution in [3.8, 4) is 11.5 Å². The number of aromatic nitrogens is 1. The third kappa shape index (κ3) is 7.00. The van der Waals surface area contributed by atoms with Gasteiger partial charge in [-0.05, 0) is 47.0 Å². The number of nitrogens with one attached hydrogen (secondary N) is 1. The van der Waals surface area contributed by atoms with Gasteiger partial charge >= 0.3 is 0 Å². The van der Waals surface area contributed by atoms with Crippen molar-refractivity contribution in [2.45, 2.75) is 19.7 Å². The summed E-state index contributed by atoms with van der Waals surface area (Å²) in [7, 11) is 1.62. The quantitative estimate of drug-likeness (QED) is 0.555. The van der Waals surface area contributed by atoms with Gasteiger partial charge in [-0.3, -0.25) is 4.98 Å². The second kappa shape index (κ2) is 12.2. The molecule has 0 saturated heterocycles. The van der Waals surface area contributed by atoms with E-state index in [1.54, 1.807) is 25.4 Å². The van der Waals surface area contributed by atoms with Crippen LogP contribution in [0.1, 0.15) is 16.7 Å². The highest BCUT2D eigenvalue weighted by Gasteiger charge is 2.07. The van der Waals surface area contributed by atoms with Crippen LogP contribution in [0.3, 0.4) is 0 Å². The van der Waals surface area contributed by atoms with Crippen molar-refractivity contribution < 1.29 is 13.9 Å². The van der Waals surface area contributed by atoms with Crippen LogP contribution in [0.15, 0.2) is 67.0 Å². The largest absolute Gasteiger partial charge is 0.493 e. The first-order chi connectivity index (χ1) is 12.7. The predicted octanol–water partition coefficient (Wildman–Crippen LogP) is 4.94. The molecule has 0 fully saturated rings. The molecule has 0 unspecified atom stereocenters. The average Bonchev–Trinajstić information content (AvgIpc) is 2.69. The minimum Gasteiger partial charge on any atom is -0.493 e.